The van der Waals surface area contributed by atoms with Gasteiger partial charge in [-0.25, -0.2) is 4.99 Å². The lowest BCUT2D eigenvalue weighted by atomic mass is 10.1. The van der Waals surface area contributed by atoms with Crippen molar-refractivity contribution in [3.63, 3.8) is 0 Å². The lowest BCUT2D eigenvalue weighted by Crippen LogP contribution is -2.41. The number of hydrogen-bond donors (Lipinski definition) is 3. The Morgan fingerprint density at radius 3 is 2.58 bits per heavy atom. The number of aryl methyl sites for hydroxylation is 1. The first-order valence-corrected chi connectivity index (χ1v) is 8.63. The number of aliphatic imine (C=N–C) groups is 1. The third kappa shape index (κ3) is 6.12. The zero-order valence-electron chi connectivity index (χ0n) is 15.5. The van der Waals surface area contributed by atoms with Crippen molar-refractivity contribution in [2.45, 2.75) is 20.4 Å². The lowest BCUT2D eigenvalue weighted by Gasteiger charge is -2.12. The van der Waals surface area contributed by atoms with Gasteiger partial charge in [0.15, 0.2) is 5.96 Å². The van der Waals surface area contributed by atoms with E-state index in [2.05, 4.69) is 20.9 Å². The average molecular weight is 354 g/mol. The number of anilines is 1. The van der Waals surface area contributed by atoms with Gasteiger partial charge < -0.3 is 20.7 Å². The molecule has 0 unspecified atom stereocenters. The second-order valence-corrected chi connectivity index (χ2v) is 5.78. The first-order valence-electron chi connectivity index (χ1n) is 8.63. The number of amides is 1. The summed E-state index contributed by atoms with van der Waals surface area (Å²) < 4.78 is 5.41. The molecule has 0 aliphatic rings. The Kier molecular flexibility index (Phi) is 7.49. The molecule has 0 heterocycles. The summed E-state index contributed by atoms with van der Waals surface area (Å²) in [6, 6.07) is 15.4. The van der Waals surface area contributed by atoms with E-state index in [1.807, 2.05) is 62.4 Å². The molecular weight excluding hydrogens is 328 g/mol. The van der Waals surface area contributed by atoms with Gasteiger partial charge in [-0.1, -0.05) is 30.3 Å². The smallest absolute Gasteiger partial charge is 0.243 e. The highest BCUT2D eigenvalue weighted by Gasteiger charge is 2.06. The van der Waals surface area contributed by atoms with Crippen molar-refractivity contribution in [1.29, 1.82) is 0 Å². The van der Waals surface area contributed by atoms with Crippen molar-refractivity contribution >= 4 is 17.6 Å². The Hall–Kier alpha value is -3.02. The summed E-state index contributed by atoms with van der Waals surface area (Å²) in [5.74, 6) is 1.26. The molecule has 0 saturated carbocycles. The molecule has 6 heteroatoms. The maximum Gasteiger partial charge on any atom is 0.243 e. The third-order valence-corrected chi connectivity index (χ3v) is 3.67. The molecule has 0 radical (unpaired) electrons. The Morgan fingerprint density at radius 1 is 1.12 bits per heavy atom. The number of carbonyl (C=O) groups is 1. The van der Waals surface area contributed by atoms with Gasteiger partial charge in [0.25, 0.3) is 0 Å². The molecule has 3 N–H and O–H groups in total. The summed E-state index contributed by atoms with van der Waals surface area (Å²) in [7, 11) is 1.65. The number of guanidine groups is 1. The molecule has 2 aromatic carbocycles. The van der Waals surface area contributed by atoms with E-state index in [-0.39, 0.29) is 12.5 Å². The van der Waals surface area contributed by atoms with Gasteiger partial charge >= 0.3 is 0 Å². The predicted octanol–water partition coefficient (Wildman–Crippen LogP) is 2.70. The minimum Gasteiger partial charge on any atom is -0.496 e. The molecule has 0 atom stereocenters. The number of para-hydroxylation sites is 1. The molecular formula is C20H26N4O2. The van der Waals surface area contributed by atoms with Crippen molar-refractivity contribution in [2.24, 2.45) is 4.99 Å². The molecule has 1 amide bonds. The molecule has 2 rings (SSSR count). The maximum absolute atomic E-state index is 12.1. The molecule has 0 aliphatic carbocycles. The molecule has 0 saturated heterocycles. The van der Waals surface area contributed by atoms with E-state index in [9.17, 15) is 4.79 Å². The van der Waals surface area contributed by atoms with Crippen LogP contribution < -0.4 is 20.7 Å². The monoisotopic (exact) mass is 354 g/mol. The van der Waals surface area contributed by atoms with E-state index in [1.165, 1.54) is 0 Å². The third-order valence-electron chi connectivity index (χ3n) is 3.67. The van der Waals surface area contributed by atoms with Gasteiger partial charge in [0.2, 0.25) is 5.91 Å². The van der Waals surface area contributed by atoms with E-state index < -0.39 is 0 Å². The normalized spacial score (nSPS) is 11.0. The van der Waals surface area contributed by atoms with E-state index >= 15 is 0 Å². The number of nitrogens with zero attached hydrogens (tertiary/aromatic N) is 1. The van der Waals surface area contributed by atoms with Crippen LogP contribution in [0.1, 0.15) is 18.1 Å². The summed E-state index contributed by atoms with van der Waals surface area (Å²) in [4.78, 5) is 16.6. The zero-order chi connectivity index (χ0) is 18.8. The highest BCUT2D eigenvalue weighted by molar-refractivity contribution is 5.94. The Bertz CT molecular complexity index is 745. The molecule has 6 nitrogen and oxygen atoms in total. The van der Waals surface area contributed by atoms with E-state index in [1.54, 1.807) is 7.11 Å². The van der Waals surface area contributed by atoms with Crippen molar-refractivity contribution in [1.82, 2.24) is 10.6 Å². The van der Waals surface area contributed by atoms with Crippen LogP contribution in [0.2, 0.25) is 0 Å². The molecule has 0 spiro atoms. The van der Waals surface area contributed by atoms with Gasteiger partial charge in [-0.15, -0.1) is 0 Å². The van der Waals surface area contributed by atoms with Crippen LogP contribution in [0.4, 0.5) is 5.69 Å². The molecule has 0 fully saturated rings. The summed E-state index contributed by atoms with van der Waals surface area (Å²) >= 11 is 0. The van der Waals surface area contributed by atoms with Crippen LogP contribution in [-0.2, 0) is 11.3 Å². The number of hydrogen-bond acceptors (Lipinski definition) is 3. The van der Waals surface area contributed by atoms with E-state index in [0.29, 0.717) is 19.0 Å². The summed E-state index contributed by atoms with van der Waals surface area (Å²) in [5.41, 5.74) is 2.90. The summed E-state index contributed by atoms with van der Waals surface area (Å²) in [5, 5.41) is 9.02. The molecule has 0 aliphatic heterocycles. The average Bonchev–Trinajstić information content (AvgIpc) is 2.65. The van der Waals surface area contributed by atoms with Crippen molar-refractivity contribution in [3.8, 4) is 5.75 Å². The minimum absolute atomic E-state index is 0.130. The van der Waals surface area contributed by atoms with Crippen LogP contribution in [0.15, 0.2) is 53.5 Å². The van der Waals surface area contributed by atoms with Crippen LogP contribution in [0, 0.1) is 6.92 Å². The second-order valence-electron chi connectivity index (χ2n) is 5.78. The molecule has 138 valence electrons. The van der Waals surface area contributed by atoms with Gasteiger partial charge in [-0.2, -0.15) is 0 Å². The Balaban J connectivity index is 1.95. The van der Waals surface area contributed by atoms with E-state index in [4.69, 9.17) is 4.74 Å². The maximum atomic E-state index is 12.1. The van der Waals surface area contributed by atoms with Crippen LogP contribution in [0.25, 0.3) is 0 Å². The second kappa shape index (κ2) is 10.1. The topological polar surface area (TPSA) is 74.8 Å². The first kappa shape index (κ1) is 19.3. The predicted molar refractivity (Wildman–Crippen MR) is 106 cm³/mol. The molecule has 0 aromatic heterocycles. The lowest BCUT2D eigenvalue weighted by molar-refractivity contribution is -0.115. The van der Waals surface area contributed by atoms with Crippen LogP contribution >= 0.6 is 0 Å². The first-order chi connectivity index (χ1) is 12.6. The van der Waals surface area contributed by atoms with Crippen molar-refractivity contribution < 1.29 is 9.53 Å². The van der Waals surface area contributed by atoms with Crippen molar-refractivity contribution in [3.05, 3.63) is 59.7 Å². The fourth-order valence-electron chi connectivity index (χ4n) is 2.38. The summed E-state index contributed by atoms with van der Waals surface area (Å²) in [6.07, 6.45) is 0. The molecule has 0 bridgehead atoms. The van der Waals surface area contributed by atoms with E-state index in [0.717, 1.165) is 22.6 Å². The van der Waals surface area contributed by atoms with Crippen LogP contribution in [0.3, 0.4) is 0 Å². The number of ether oxygens (including phenoxy) is 1. The van der Waals surface area contributed by atoms with Crippen LogP contribution in [-0.4, -0.2) is 32.1 Å². The van der Waals surface area contributed by atoms with Gasteiger partial charge in [0, 0.05) is 17.8 Å². The van der Waals surface area contributed by atoms with Crippen LogP contribution in [0.5, 0.6) is 5.75 Å². The highest BCUT2D eigenvalue weighted by Crippen LogP contribution is 2.20. The van der Waals surface area contributed by atoms with Gasteiger partial charge in [0.1, 0.15) is 5.75 Å². The molecule has 2 aromatic rings. The number of nitrogens with one attached hydrogen (secondary N) is 3. The SMILES string of the molecule is CCNC(=NCc1ccc(C)cc1OC)NCC(=O)Nc1ccccc1. The van der Waals surface area contributed by atoms with Gasteiger partial charge in [-0.05, 0) is 37.6 Å². The standard InChI is InChI=1S/C20H26N4O2/c1-4-21-20(22-13-16-11-10-15(2)12-18(16)26-3)23-14-19(25)24-17-8-6-5-7-9-17/h5-12H,4,13-14H2,1-3H3,(H,24,25)(H2,21,22,23). The van der Waals surface area contributed by atoms with Crippen molar-refractivity contribution in [2.75, 3.05) is 25.5 Å². The Morgan fingerprint density at radius 2 is 1.88 bits per heavy atom. The fraction of sp³-hybridized carbons (Fsp3) is 0.300. The number of methoxy groups -OCH3 is 1. The fourth-order valence-corrected chi connectivity index (χ4v) is 2.38. The van der Waals surface area contributed by atoms with Gasteiger partial charge in [-0.3, -0.25) is 4.79 Å². The number of benzene rings is 2. The van der Waals surface area contributed by atoms with Gasteiger partial charge in [0.05, 0.1) is 20.2 Å². The quantitative estimate of drug-likeness (QED) is 0.528. The highest BCUT2D eigenvalue weighted by atomic mass is 16.5. The summed E-state index contributed by atoms with van der Waals surface area (Å²) in [6.45, 7) is 5.29. The minimum atomic E-state index is -0.130. The number of carbonyl (C=O) groups excluding carboxylic acids is 1. The Labute approximate surface area is 154 Å². The zero-order valence-corrected chi connectivity index (χ0v) is 15.5. The largest absolute Gasteiger partial charge is 0.496 e. The molecule has 26 heavy (non-hydrogen) atoms. The number of rotatable bonds is 7.